The minimum Gasteiger partial charge on any atom is -0.462 e. The van der Waals surface area contributed by atoms with Gasteiger partial charge in [0.05, 0.1) is 19.8 Å². The molecular weight excluding hydrogens is 976 g/mol. The number of aliphatic hydroxyl groups is 1. The Labute approximate surface area is 465 Å². The fourth-order valence-corrected chi connectivity index (χ4v) is 9.29. The number of allylic oxidation sites excluding steroid dienone is 12. The van der Waals surface area contributed by atoms with Crippen molar-refractivity contribution < 1.29 is 52.2 Å². The van der Waals surface area contributed by atoms with Crippen molar-refractivity contribution in [2.75, 3.05) is 26.4 Å². The molecule has 0 heterocycles. The minimum absolute atomic E-state index is 0.156. The third-order valence-electron chi connectivity index (χ3n) is 13.1. The zero-order valence-corrected chi connectivity index (χ0v) is 49.6. The lowest BCUT2D eigenvalue weighted by atomic mass is 10.0. The summed E-state index contributed by atoms with van der Waals surface area (Å²) in [6, 6.07) is 0. The molecule has 11 nitrogen and oxygen atoms in total. The van der Waals surface area contributed by atoms with E-state index in [0.29, 0.717) is 19.3 Å². The number of carbonyl (C=O) groups is 3. The molecule has 2 N–H and O–H groups in total. The van der Waals surface area contributed by atoms with Crippen LogP contribution in [0.1, 0.15) is 278 Å². The highest BCUT2D eigenvalue weighted by Crippen LogP contribution is 2.43. The molecule has 3 unspecified atom stereocenters. The fraction of sp³-hybridized carbons (Fsp3) is 0.766. The molecule has 0 saturated heterocycles. The first-order valence-electron chi connectivity index (χ1n) is 30.8. The molecule has 0 aliphatic heterocycles. The van der Waals surface area contributed by atoms with Gasteiger partial charge in [-0.05, 0) is 83.5 Å². The largest absolute Gasteiger partial charge is 0.472 e. The Bertz CT molecular complexity index is 1550. The number of unbranched alkanes of at least 4 members (excludes halogenated alkanes) is 28. The van der Waals surface area contributed by atoms with Crippen LogP contribution in [0.25, 0.3) is 0 Å². The first kappa shape index (κ1) is 72.9. The van der Waals surface area contributed by atoms with Gasteiger partial charge in [0.2, 0.25) is 0 Å². The van der Waals surface area contributed by atoms with Crippen LogP contribution < -0.4 is 0 Å². The van der Waals surface area contributed by atoms with Crippen LogP contribution in [0, 0.1) is 0 Å². The average molecular weight is 1090 g/mol. The maximum absolute atomic E-state index is 12.9. The predicted octanol–water partition coefficient (Wildman–Crippen LogP) is 18.5. The van der Waals surface area contributed by atoms with Gasteiger partial charge in [0.15, 0.2) is 6.10 Å². The first-order chi connectivity index (χ1) is 37.2. The predicted molar refractivity (Wildman–Crippen MR) is 316 cm³/mol. The number of hydrogen-bond acceptors (Lipinski definition) is 10. The Kier molecular flexibility index (Phi) is 55.7. The molecule has 0 rings (SSSR count). The second-order valence-corrected chi connectivity index (χ2v) is 21.9. The lowest BCUT2D eigenvalue weighted by Crippen LogP contribution is -2.30. The van der Waals surface area contributed by atoms with Gasteiger partial charge in [-0.25, -0.2) is 4.57 Å². The quantitative estimate of drug-likeness (QED) is 0.0197. The van der Waals surface area contributed by atoms with Crippen molar-refractivity contribution in [3.8, 4) is 0 Å². The Morgan fingerprint density at radius 3 is 1.05 bits per heavy atom. The van der Waals surface area contributed by atoms with E-state index < -0.39 is 57.8 Å². The van der Waals surface area contributed by atoms with Gasteiger partial charge < -0.3 is 24.2 Å². The van der Waals surface area contributed by atoms with Crippen LogP contribution in [0.5, 0.6) is 0 Å². The van der Waals surface area contributed by atoms with Crippen molar-refractivity contribution >= 4 is 25.7 Å². The van der Waals surface area contributed by atoms with Crippen molar-refractivity contribution in [1.29, 1.82) is 0 Å². The van der Waals surface area contributed by atoms with Gasteiger partial charge in [-0.3, -0.25) is 23.4 Å². The van der Waals surface area contributed by atoms with Gasteiger partial charge in [0.25, 0.3) is 0 Å². The highest BCUT2D eigenvalue weighted by molar-refractivity contribution is 7.47. The summed E-state index contributed by atoms with van der Waals surface area (Å²) in [5.74, 6) is -1.47. The van der Waals surface area contributed by atoms with Crippen LogP contribution in [0.15, 0.2) is 72.9 Å². The molecule has 3 atom stereocenters. The SMILES string of the molecule is CC/C=C\C/C=C\C/C=C\CCCCCCCCCC(=O)OC(CO)COP(=O)(O)OCC(COC(=O)CCCCCCCCCCCCCCCCC)OC(=O)CCCCCCCCC/C=C\C/C=C\C/C=C\CC. The third kappa shape index (κ3) is 55.7. The number of phosphoric ester groups is 1. The molecule has 0 spiro atoms. The second kappa shape index (κ2) is 58.1. The number of rotatable bonds is 57. The Balaban J connectivity index is 4.70. The normalized spacial score (nSPS) is 13.8. The van der Waals surface area contributed by atoms with E-state index >= 15 is 0 Å². The zero-order chi connectivity index (χ0) is 55.5. The summed E-state index contributed by atoms with van der Waals surface area (Å²) in [5, 5.41) is 9.84. The third-order valence-corrected chi connectivity index (χ3v) is 14.1. The van der Waals surface area contributed by atoms with Crippen LogP contribution in [-0.2, 0) is 42.2 Å². The highest BCUT2D eigenvalue weighted by Gasteiger charge is 2.28. The van der Waals surface area contributed by atoms with Crippen molar-refractivity contribution in [1.82, 2.24) is 0 Å². The molecule has 0 saturated carbocycles. The van der Waals surface area contributed by atoms with E-state index in [4.69, 9.17) is 23.3 Å². The van der Waals surface area contributed by atoms with E-state index in [1.165, 1.54) is 89.9 Å². The average Bonchev–Trinajstić information content (AvgIpc) is 3.41. The standard InChI is InChI=1S/C64H113O11P/c1-4-7-10-13-16-19-22-25-28-30-33-36-39-42-45-48-51-54-63(67)74-60(56-65)58-72-76(69,70)73-59-61(57-71-62(66)53-50-47-44-41-38-35-32-27-24-21-18-15-12-9-6-3)75-64(68)55-52-49-46-43-40-37-34-31-29-26-23-20-17-14-11-8-5-2/h7-8,10-11,16-17,19-20,25-26,28-29,60-61,65H,4-6,9,12-15,18,21-24,27,30-59H2,1-3H3,(H,69,70)/b10-7-,11-8-,19-16-,20-17-,28-25-,29-26-. The van der Waals surface area contributed by atoms with Gasteiger partial charge in [-0.1, -0.05) is 248 Å². The molecule has 0 aromatic carbocycles. The molecular formula is C64H113O11P. The molecule has 0 aromatic rings. The maximum atomic E-state index is 12.9. The Hall–Kier alpha value is -3.08. The summed E-state index contributed by atoms with van der Waals surface area (Å²) >= 11 is 0. The van der Waals surface area contributed by atoms with Crippen LogP contribution >= 0.6 is 7.82 Å². The molecule has 0 radical (unpaired) electrons. The van der Waals surface area contributed by atoms with E-state index in [0.717, 1.165) is 128 Å². The number of phosphoric acid groups is 1. The van der Waals surface area contributed by atoms with E-state index in [2.05, 4.69) is 93.7 Å². The monoisotopic (exact) mass is 1090 g/mol. The number of hydrogen-bond donors (Lipinski definition) is 2. The number of ether oxygens (including phenoxy) is 3. The Morgan fingerprint density at radius 2 is 0.684 bits per heavy atom. The summed E-state index contributed by atoms with van der Waals surface area (Å²) in [5.41, 5.74) is 0. The number of esters is 3. The highest BCUT2D eigenvalue weighted by atomic mass is 31.2. The van der Waals surface area contributed by atoms with Gasteiger partial charge in [-0.15, -0.1) is 0 Å². The lowest BCUT2D eigenvalue weighted by Gasteiger charge is -2.21. The smallest absolute Gasteiger partial charge is 0.462 e. The number of aliphatic hydroxyl groups excluding tert-OH is 1. The van der Waals surface area contributed by atoms with Crippen LogP contribution in [-0.4, -0.2) is 66.5 Å². The van der Waals surface area contributed by atoms with Crippen LogP contribution in [0.3, 0.4) is 0 Å². The molecule has 0 fully saturated rings. The minimum atomic E-state index is -4.76. The summed E-state index contributed by atoms with van der Waals surface area (Å²) in [7, 11) is -4.76. The lowest BCUT2D eigenvalue weighted by molar-refractivity contribution is -0.161. The molecule has 0 bridgehead atoms. The van der Waals surface area contributed by atoms with Crippen molar-refractivity contribution in [3.05, 3.63) is 72.9 Å². The molecule has 0 aliphatic carbocycles. The maximum Gasteiger partial charge on any atom is 0.472 e. The molecule has 0 aromatic heterocycles. The van der Waals surface area contributed by atoms with E-state index in [1.807, 2.05) is 0 Å². The van der Waals surface area contributed by atoms with Gasteiger partial charge in [0.1, 0.15) is 12.7 Å². The first-order valence-corrected chi connectivity index (χ1v) is 32.3. The molecule has 76 heavy (non-hydrogen) atoms. The summed E-state index contributed by atoms with van der Waals surface area (Å²) < 4.78 is 39.6. The van der Waals surface area contributed by atoms with E-state index in [1.54, 1.807) is 0 Å². The van der Waals surface area contributed by atoms with Gasteiger partial charge >= 0.3 is 25.7 Å². The topological polar surface area (TPSA) is 155 Å². The number of carbonyl (C=O) groups excluding carboxylic acids is 3. The molecule has 440 valence electrons. The van der Waals surface area contributed by atoms with Gasteiger partial charge in [0, 0.05) is 19.3 Å². The summed E-state index contributed by atoms with van der Waals surface area (Å²) in [6.45, 7) is 4.44. The van der Waals surface area contributed by atoms with E-state index in [-0.39, 0.29) is 25.9 Å². The second-order valence-electron chi connectivity index (χ2n) is 20.5. The molecule has 0 aliphatic rings. The van der Waals surface area contributed by atoms with Gasteiger partial charge in [-0.2, -0.15) is 0 Å². The summed E-state index contributed by atoms with van der Waals surface area (Å²) in [4.78, 5) is 48.7. The van der Waals surface area contributed by atoms with Crippen molar-refractivity contribution in [3.63, 3.8) is 0 Å². The van der Waals surface area contributed by atoms with Crippen molar-refractivity contribution in [2.45, 2.75) is 290 Å². The Morgan fingerprint density at radius 1 is 0.382 bits per heavy atom. The molecule has 0 amide bonds. The van der Waals surface area contributed by atoms with Crippen LogP contribution in [0.4, 0.5) is 0 Å². The molecule has 12 heteroatoms. The van der Waals surface area contributed by atoms with Crippen molar-refractivity contribution in [2.24, 2.45) is 0 Å². The zero-order valence-electron chi connectivity index (χ0n) is 48.7. The summed E-state index contributed by atoms with van der Waals surface area (Å²) in [6.07, 6.45) is 65.6. The van der Waals surface area contributed by atoms with Crippen LogP contribution in [0.2, 0.25) is 0 Å². The van der Waals surface area contributed by atoms with E-state index in [9.17, 15) is 28.9 Å². The fourth-order valence-electron chi connectivity index (χ4n) is 8.50.